The van der Waals surface area contributed by atoms with E-state index in [0.717, 1.165) is 11.6 Å². The van der Waals surface area contributed by atoms with Crippen LogP contribution in [-0.4, -0.2) is 0 Å². The molecule has 2 aromatic rings. The van der Waals surface area contributed by atoms with Crippen molar-refractivity contribution in [1.82, 2.24) is 0 Å². The van der Waals surface area contributed by atoms with E-state index in [1.54, 1.807) is 18.2 Å². The van der Waals surface area contributed by atoms with Gasteiger partial charge in [0.2, 0.25) is 0 Å². The fourth-order valence-corrected chi connectivity index (χ4v) is 2.01. The number of aryl methyl sites for hydroxylation is 2. The summed E-state index contributed by atoms with van der Waals surface area (Å²) in [6, 6.07) is 9.50. The lowest BCUT2D eigenvalue weighted by Crippen LogP contribution is -2.08. The van der Waals surface area contributed by atoms with Crippen molar-refractivity contribution in [2.75, 3.05) is 11.1 Å². The van der Waals surface area contributed by atoms with Gasteiger partial charge in [0.1, 0.15) is 0 Å². The highest BCUT2D eigenvalue weighted by atomic mass is 19.4. The molecule has 106 valence electrons. The third kappa shape index (κ3) is 2.87. The zero-order valence-corrected chi connectivity index (χ0v) is 11.2. The summed E-state index contributed by atoms with van der Waals surface area (Å²) in [5, 5.41) is 2.96. The fourth-order valence-electron chi connectivity index (χ4n) is 2.01. The topological polar surface area (TPSA) is 38.0 Å². The van der Waals surface area contributed by atoms with Crippen molar-refractivity contribution in [2.45, 2.75) is 20.0 Å². The molecular weight excluding hydrogens is 265 g/mol. The van der Waals surface area contributed by atoms with Gasteiger partial charge in [-0.1, -0.05) is 18.2 Å². The lowest BCUT2D eigenvalue weighted by molar-refractivity contribution is -0.138. The van der Waals surface area contributed by atoms with Crippen LogP contribution in [-0.2, 0) is 6.18 Å². The molecule has 0 saturated carbocycles. The standard InChI is InChI=1S/C15H15F3N2/c1-9-6-7-11(8-12(9)15(16,17)18)20-14-10(2)4-3-5-13(14)19/h3-8,20H,19H2,1-2H3. The first-order chi connectivity index (χ1) is 9.29. The Labute approximate surface area is 115 Å². The Kier molecular flexibility index (Phi) is 3.61. The predicted molar refractivity (Wildman–Crippen MR) is 75.1 cm³/mol. The Morgan fingerprint density at radius 2 is 1.70 bits per heavy atom. The number of hydrogen-bond donors (Lipinski definition) is 2. The molecule has 0 fully saturated rings. The van der Waals surface area contributed by atoms with Gasteiger partial charge in [0.25, 0.3) is 0 Å². The van der Waals surface area contributed by atoms with Crippen LogP contribution in [0.1, 0.15) is 16.7 Å². The van der Waals surface area contributed by atoms with Crippen LogP contribution in [0.2, 0.25) is 0 Å². The number of rotatable bonds is 2. The van der Waals surface area contributed by atoms with Gasteiger partial charge in [0.05, 0.1) is 16.9 Å². The number of benzene rings is 2. The molecule has 0 spiro atoms. The van der Waals surface area contributed by atoms with Gasteiger partial charge in [-0.05, 0) is 43.2 Å². The number of para-hydroxylation sites is 1. The zero-order valence-electron chi connectivity index (χ0n) is 11.2. The van der Waals surface area contributed by atoms with E-state index >= 15 is 0 Å². The average Bonchev–Trinajstić information content (AvgIpc) is 2.34. The first-order valence-corrected chi connectivity index (χ1v) is 6.09. The van der Waals surface area contributed by atoms with Crippen LogP contribution in [0.15, 0.2) is 36.4 Å². The van der Waals surface area contributed by atoms with E-state index in [1.807, 2.05) is 13.0 Å². The summed E-state index contributed by atoms with van der Waals surface area (Å²) in [6.07, 6.45) is -4.36. The Morgan fingerprint density at radius 3 is 2.30 bits per heavy atom. The molecule has 2 rings (SSSR count). The minimum absolute atomic E-state index is 0.195. The molecule has 0 bridgehead atoms. The van der Waals surface area contributed by atoms with E-state index in [0.29, 0.717) is 17.1 Å². The van der Waals surface area contributed by atoms with Crippen LogP contribution >= 0.6 is 0 Å². The van der Waals surface area contributed by atoms with Crippen LogP contribution < -0.4 is 11.1 Å². The van der Waals surface area contributed by atoms with Gasteiger partial charge in [0.15, 0.2) is 0 Å². The number of nitrogens with one attached hydrogen (secondary N) is 1. The lowest BCUT2D eigenvalue weighted by Gasteiger charge is -2.15. The third-order valence-electron chi connectivity index (χ3n) is 3.12. The first kappa shape index (κ1) is 14.2. The number of nitrogens with two attached hydrogens (primary N) is 1. The predicted octanol–water partition coefficient (Wildman–Crippen LogP) is 4.65. The number of hydrogen-bond acceptors (Lipinski definition) is 2. The highest BCUT2D eigenvalue weighted by Crippen LogP contribution is 2.35. The van der Waals surface area contributed by atoms with Crippen molar-refractivity contribution in [2.24, 2.45) is 0 Å². The molecule has 2 nitrogen and oxygen atoms in total. The van der Waals surface area contributed by atoms with Gasteiger partial charge in [-0.15, -0.1) is 0 Å². The van der Waals surface area contributed by atoms with Gasteiger partial charge in [0, 0.05) is 5.69 Å². The molecular formula is C15H15F3N2. The van der Waals surface area contributed by atoms with Crippen LogP contribution in [0.5, 0.6) is 0 Å². The summed E-state index contributed by atoms with van der Waals surface area (Å²) in [5.74, 6) is 0. The highest BCUT2D eigenvalue weighted by molar-refractivity contribution is 5.76. The highest BCUT2D eigenvalue weighted by Gasteiger charge is 2.32. The molecule has 0 aromatic heterocycles. The van der Waals surface area contributed by atoms with Gasteiger partial charge in [-0.25, -0.2) is 0 Å². The summed E-state index contributed by atoms with van der Waals surface area (Å²) in [6.45, 7) is 3.28. The normalized spacial score (nSPS) is 11.4. The SMILES string of the molecule is Cc1ccc(Nc2c(C)cccc2N)cc1C(F)(F)F. The molecule has 0 amide bonds. The van der Waals surface area contributed by atoms with E-state index in [9.17, 15) is 13.2 Å². The smallest absolute Gasteiger partial charge is 0.397 e. The second kappa shape index (κ2) is 5.07. The second-order valence-electron chi connectivity index (χ2n) is 4.69. The van der Waals surface area contributed by atoms with E-state index in [2.05, 4.69) is 5.32 Å². The van der Waals surface area contributed by atoms with E-state index in [4.69, 9.17) is 5.73 Å². The monoisotopic (exact) mass is 280 g/mol. The van der Waals surface area contributed by atoms with Crippen LogP contribution in [0.3, 0.4) is 0 Å². The molecule has 2 aromatic carbocycles. The van der Waals surface area contributed by atoms with E-state index in [1.165, 1.54) is 13.0 Å². The van der Waals surface area contributed by atoms with Gasteiger partial charge in [-0.3, -0.25) is 0 Å². The van der Waals surface area contributed by atoms with Gasteiger partial charge < -0.3 is 11.1 Å². The van der Waals surface area contributed by atoms with E-state index in [-0.39, 0.29) is 5.56 Å². The number of anilines is 3. The third-order valence-corrected chi connectivity index (χ3v) is 3.12. The quantitative estimate of drug-likeness (QED) is 0.786. The molecule has 3 N–H and O–H groups in total. The summed E-state index contributed by atoms with van der Waals surface area (Å²) in [7, 11) is 0. The van der Waals surface area contributed by atoms with E-state index < -0.39 is 11.7 Å². The van der Waals surface area contributed by atoms with Crippen LogP contribution in [0, 0.1) is 13.8 Å². The molecule has 0 aliphatic heterocycles. The first-order valence-electron chi connectivity index (χ1n) is 6.09. The van der Waals surface area contributed by atoms with Gasteiger partial charge >= 0.3 is 6.18 Å². The van der Waals surface area contributed by atoms with Crippen molar-refractivity contribution >= 4 is 17.1 Å². The fraction of sp³-hybridized carbons (Fsp3) is 0.200. The van der Waals surface area contributed by atoms with Crippen molar-refractivity contribution in [3.8, 4) is 0 Å². The molecule has 0 saturated heterocycles. The van der Waals surface area contributed by atoms with Gasteiger partial charge in [-0.2, -0.15) is 13.2 Å². The molecule has 0 aliphatic rings. The summed E-state index contributed by atoms with van der Waals surface area (Å²) in [4.78, 5) is 0. The zero-order chi connectivity index (χ0) is 14.9. The lowest BCUT2D eigenvalue weighted by atomic mass is 10.1. The largest absolute Gasteiger partial charge is 0.416 e. The summed E-state index contributed by atoms with van der Waals surface area (Å²) < 4.78 is 38.6. The maximum Gasteiger partial charge on any atom is 0.416 e. The Morgan fingerprint density at radius 1 is 1.00 bits per heavy atom. The Balaban J connectivity index is 2.40. The number of halogens is 3. The Hall–Kier alpha value is -2.17. The molecule has 0 aliphatic carbocycles. The Bertz CT molecular complexity index is 613. The molecule has 0 radical (unpaired) electrons. The molecule has 0 atom stereocenters. The molecule has 0 heterocycles. The minimum Gasteiger partial charge on any atom is -0.397 e. The summed E-state index contributed by atoms with van der Waals surface area (Å²) >= 11 is 0. The molecule has 0 unspecified atom stereocenters. The minimum atomic E-state index is -4.36. The van der Waals surface area contributed by atoms with Crippen molar-refractivity contribution in [3.05, 3.63) is 53.1 Å². The van der Waals surface area contributed by atoms with Crippen LogP contribution in [0.4, 0.5) is 30.2 Å². The van der Waals surface area contributed by atoms with Crippen molar-refractivity contribution < 1.29 is 13.2 Å². The summed E-state index contributed by atoms with van der Waals surface area (Å²) in [5.41, 5.74) is 7.76. The van der Waals surface area contributed by atoms with Crippen LogP contribution in [0.25, 0.3) is 0 Å². The second-order valence-corrected chi connectivity index (χ2v) is 4.69. The van der Waals surface area contributed by atoms with Crippen molar-refractivity contribution in [3.63, 3.8) is 0 Å². The molecule has 5 heteroatoms. The molecule has 20 heavy (non-hydrogen) atoms. The average molecular weight is 280 g/mol. The number of nitrogen functional groups attached to an aromatic ring is 1. The number of alkyl halides is 3. The maximum absolute atomic E-state index is 12.9. The maximum atomic E-state index is 12.9. The van der Waals surface area contributed by atoms with Crippen molar-refractivity contribution in [1.29, 1.82) is 0 Å².